The van der Waals surface area contributed by atoms with Crippen LogP contribution in [0.3, 0.4) is 0 Å². The van der Waals surface area contributed by atoms with Crippen molar-refractivity contribution in [3.05, 3.63) is 58.7 Å². The van der Waals surface area contributed by atoms with Gasteiger partial charge in [-0.3, -0.25) is 9.97 Å². The highest BCUT2D eigenvalue weighted by Crippen LogP contribution is 2.22. The number of hydrogen-bond acceptors (Lipinski definition) is 3. The van der Waals surface area contributed by atoms with Crippen molar-refractivity contribution in [2.24, 2.45) is 0 Å². The molecule has 0 saturated carbocycles. The molecule has 0 aliphatic rings. The van der Waals surface area contributed by atoms with Crippen molar-refractivity contribution in [3.63, 3.8) is 0 Å². The molecule has 1 atom stereocenters. The summed E-state index contributed by atoms with van der Waals surface area (Å²) in [4.78, 5) is 8.84. The van der Waals surface area contributed by atoms with Gasteiger partial charge in [-0.1, -0.05) is 13.0 Å². The molecule has 2 aromatic rings. The lowest BCUT2D eigenvalue weighted by molar-refractivity contribution is 0.626. The van der Waals surface area contributed by atoms with Crippen LogP contribution >= 0.6 is 0 Å². The maximum absolute atomic E-state index is 4.44. The van der Waals surface area contributed by atoms with E-state index in [1.807, 2.05) is 27.0 Å². The average molecular weight is 255 g/mol. The molecule has 1 N–H and O–H groups in total. The maximum atomic E-state index is 4.44. The summed E-state index contributed by atoms with van der Waals surface area (Å²) in [5, 5.41) is 3.52. The Morgan fingerprint density at radius 3 is 2.21 bits per heavy atom. The number of nitrogens with zero attached hydrogens (tertiary/aromatic N) is 2. The Labute approximate surface area is 115 Å². The number of pyridine rings is 2. The lowest BCUT2D eigenvalue weighted by atomic mass is 9.99. The summed E-state index contributed by atoms with van der Waals surface area (Å²) in [6.07, 6.45) is 1.95. The molecule has 2 rings (SSSR count). The van der Waals surface area contributed by atoms with E-state index in [2.05, 4.69) is 46.5 Å². The second-order valence-corrected chi connectivity index (χ2v) is 4.91. The first-order valence-corrected chi connectivity index (χ1v) is 6.71. The Balaban J connectivity index is 2.41. The van der Waals surface area contributed by atoms with Gasteiger partial charge in [0.15, 0.2) is 0 Å². The van der Waals surface area contributed by atoms with Crippen LogP contribution in [0.1, 0.15) is 41.2 Å². The summed E-state index contributed by atoms with van der Waals surface area (Å²) < 4.78 is 0. The fourth-order valence-electron chi connectivity index (χ4n) is 2.32. The van der Waals surface area contributed by atoms with E-state index in [4.69, 9.17) is 0 Å². The van der Waals surface area contributed by atoms with E-state index in [0.717, 1.165) is 23.6 Å². The number of aromatic nitrogens is 2. The second-order valence-electron chi connectivity index (χ2n) is 4.91. The van der Waals surface area contributed by atoms with Gasteiger partial charge in [0, 0.05) is 23.3 Å². The highest BCUT2D eigenvalue weighted by molar-refractivity contribution is 5.32. The fraction of sp³-hybridized carbons (Fsp3) is 0.375. The van der Waals surface area contributed by atoms with Gasteiger partial charge < -0.3 is 5.32 Å². The van der Waals surface area contributed by atoms with Gasteiger partial charge in [-0.15, -0.1) is 0 Å². The van der Waals surface area contributed by atoms with Crippen LogP contribution in [-0.2, 0) is 0 Å². The molecule has 1 unspecified atom stereocenters. The Kier molecular flexibility index (Phi) is 4.27. The monoisotopic (exact) mass is 255 g/mol. The smallest absolute Gasteiger partial charge is 0.0593 e. The van der Waals surface area contributed by atoms with Gasteiger partial charge in [-0.25, -0.2) is 0 Å². The number of nitrogens with one attached hydrogen (secondary N) is 1. The molecule has 0 bridgehead atoms. The molecule has 100 valence electrons. The molecule has 0 saturated heterocycles. The predicted molar refractivity (Wildman–Crippen MR) is 78.2 cm³/mol. The predicted octanol–water partition coefficient (Wildman–Crippen LogP) is 3.10. The molecule has 2 aromatic heterocycles. The first kappa shape index (κ1) is 13.7. The van der Waals surface area contributed by atoms with Gasteiger partial charge in [0.25, 0.3) is 0 Å². The average Bonchev–Trinajstić information content (AvgIpc) is 2.36. The van der Waals surface area contributed by atoms with Crippen molar-refractivity contribution in [1.29, 1.82) is 0 Å². The minimum atomic E-state index is 0.179. The van der Waals surface area contributed by atoms with Crippen LogP contribution in [0.5, 0.6) is 0 Å². The van der Waals surface area contributed by atoms with E-state index in [9.17, 15) is 0 Å². The van der Waals surface area contributed by atoms with E-state index in [-0.39, 0.29) is 6.04 Å². The zero-order valence-electron chi connectivity index (χ0n) is 12.1. The molecule has 2 heterocycles. The molecular formula is C16H21N3. The first-order valence-electron chi connectivity index (χ1n) is 6.71. The number of hydrogen-bond donors (Lipinski definition) is 1. The van der Waals surface area contributed by atoms with Crippen LogP contribution in [0.15, 0.2) is 30.5 Å². The summed E-state index contributed by atoms with van der Waals surface area (Å²) in [7, 11) is 0. The minimum absolute atomic E-state index is 0.179. The van der Waals surface area contributed by atoms with Crippen molar-refractivity contribution in [1.82, 2.24) is 15.3 Å². The van der Waals surface area contributed by atoms with Crippen molar-refractivity contribution < 1.29 is 0 Å². The number of rotatable bonds is 4. The summed E-state index contributed by atoms with van der Waals surface area (Å²) >= 11 is 0. The van der Waals surface area contributed by atoms with Crippen molar-refractivity contribution in [3.8, 4) is 0 Å². The molecule has 3 heteroatoms. The standard InChI is InChI=1S/C16H21N3/c1-5-17-16(14-7-6-11(2)18-10-14)15-8-12(3)19-13(4)9-15/h6-10,16-17H,5H2,1-4H3. The van der Waals surface area contributed by atoms with Crippen LogP contribution in [0, 0.1) is 20.8 Å². The molecule has 0 aliphatic carbocycles. The molecule has 19 heavy (non-hydrogen) atoms. The van der Waals surface area contributed by atoms with Crippen molar-refractivity contribution in [2.75, 3.05) is 6.54 Å². The summed E-state index contributed by atoms with van der Waals surface area (Å²) in [5.74, 6) is 0. The molecule has 3 nitrogen and oxygen atoms in total. The lowest BCUT2D eigenvalue weighted by Crippen LogP contribution is -2.22. The van der Waals surface area contributed by atoms with Crippen LogP contribution in [-0.4, -0.2) is 16.5 Å². The summed E-state index contributed by atoms with van der Waals surface area (Å²) in [6.45, 7) is 9.11. The second kappa shape index (κ2) is 5.93. The summed E-state index contributed by atoms with van der Waals surface area (Å²) in [5.41, 5.74) is 5.59. The zero-order chi connectivity index (χ0) is 13.8. The molecule has 0 fully saturated rings. The van der Waals surface area contributed by atoms with Crippen molar-refractivity contribution >= 4 is 0 Å². The fourth-order valence-corrected chi connectivity index (χ4v) is 2.32. The third-order valence-corrected chi connectivity index (χ3v) is 3.11. The molecule has 0 spiro atoms. The molecule has 0 radical (unpaired) electrons. The molecule has 0 aliphatic heterocycles. The number of aryl methyl sites for hydroxylation is 3. The van der Waals surface area contributed by atoms with E-state index < -0.39 is 0 Å². The van der Waals surface area contributed by atoms with Crippen LogP contribution in [0.4, 0.5) is 0 Å². The van der Waals surface area contributed by atoms with Gasteiger partial charge in [-0.05, 0) is 56.6 Å². The van der Waals surface area contributed by atoms with Crippen molar-refractivity contribution in [2.45, 2.75) is 33.7 Å². The minimum Gasteiger partial charge on any atom is -0.306 e. The van der Waals surface area contributed by atoms with Gasteiger partial charge in [0.1, 0.15) is 0 Å². The SMILES string of the molecule is CCNC(c1ccc(C)nc1)c1cc(C)nc(C)c1. The Morgan fingerprint density at radius 1 is 1.00 bits per heavy atom. The topological polar surface area (TPSA) is 37.8 Å². The van der Waals surface area contributed by atoms with Gasteiger partial charge in [-0.2, -0.15) is 0 Å². The third kappa shape index (κ3) is 3.38. The third-order valence-electron chi connectivity index (χ3n) is 3.11. The van der Waals surface area contributed by atoms with Gasteiger partial charge >= 0.3 is 0 Å². The maximum Gasteiger partial charge on any atom is 0.0593 e. The quantitative estimate of drug-likeness (QED) is 0.912. The van der Waals surface area contributed by atoms with E-state index in [1.54, 1.807) is 0 Å². The Morgan fingerprint density at radius 2 is 1.68 bits per heavy atom. The largest absolute Gasteiger partial charge is 0.306 e. The highest BCUT2D eigenvalue weighted by Gasteiger charge is 2.14. The van der Waals surface area contributed by atoms with Crippen LogP contribution in [0.2, 0.25) is 0 Å². The van der Waals surface area contributed by atoms with E-state index in [1.165, 1.54) is 11.1 Å². The Hall–Kier alpha value is -1.74. The van der Waals surface area contributed by atoms with E-state index >= 15 is 0 Å². The molecule has 0 aromatic carbocycles. The molecule has 0 amide bonds. The van der Waals surface area contributed by atoms with Gasteiger partial charge in [0.05, 0.1) is 6.04 Å². The molecular weight excluding hydrogens is 234 g/mol. The Bertz CT molecular complexity index is 526. The highest BCUT2D eigenvalue weighted by atomic mass is 14.9. The van der Waals surface area contributed by atoms with Crippen LogP contribution < -0.4 is 5.32 Å². The van der Waals surface area contributed by atoms with Gasteiger partial charge in [0.2, 0.25) is 0 Å². The van der Waals surface area contributed by atoms with E-state index in [0.29, 0.717) is 0 Å². The zero-order valence-corrected chi connectivity index (χ0v) is 12.1. The normalized spacial score (nSPS) is 12.4. The summed E-state index contributed by atoms with van der Waals surface area (Å²) in [6, 6.07) is 8.65. The first-order chi connectivity index (χ1) is 9.10. The lowest BCUT2D eigenvalue weighted by Gasteiger charge is -2.19. The van der Waals surface area contributed by atoms with Crippen LogP contribution in [0.25, 0.3) is 0 Å².